The summed E-state index contributed by atoms with van der Waals surface area (Å²) in [4.78, 5) is 10.9. The lowest BCUT2D eigenvalue weighted by molar-refractivity contribution is -0.139. The van der Waals surface area contributed by atoms with E-state index in [0.717, 1.165) is 6.07 Å². The van der Waals surface area contributed by atoms with Gasteiger partial charge in [0.05, 0.1) is 13.5 Å². The molecule has 0 radical (unpaired) electrons. The maximum Gasteiger partial charge on any atom is 0.310 e. The molecule has 0 unspecified atom stereocenters. The Morgan fingerprint density at radius 2 is 2.29 bits per heavy atom. The van der Waals surface area contributed by atoms with Crippen molar-refractivity contribution >= 4 is 21.9 Å². The molecule has 14 heavy (non-hydrogen) atoms. The minimum Gasteiger partial charge on any atom is -0.505 e. The summed E-state index contributed by atoms with van der Waals surface area (Å²) in [5.74, 6) is -1.81. The number of ether oxygens (including phenoxy) is 1. The molecular formula is C9H8BrFO3. The third-order valence-corrected chi connectivity index (χ3v) is 2.13. The number of hydrogen-bond donors (Lipinski definition) is 1. The van der Waals surface area contributed by atoms with Gasteiger partial charge < -0.3 is 9.84 Å². The summed E-state index contributed by atoms with van der Waals surface area (Å²) in [5.41, 5.74) is 0.198. The van der Waals surface area contributed by atoms with Crippen LogP contribution in [0.4, 0.5) is 4.39 Å². The van der Waals surface area contributed by atoms with Crippen LogP contribution in [0, 0.1) is 5.82 Å². The van der Waals surface area contributed by atoms with Crippen LogP contribution in [-0.2, 0) is 16.0 Å². The van der Waals surface area contributed by atoms with Gasteiger partial charge in [0, 0.05) is 10.0 Å². The number of carbonyl (C=O) groups is 1. The van der Waals surface area contributed by atoms with E-state index >= 15 is 0 Å². The van der Waals surface area contributed by atoms with Gasteiger partial charge in [-0.3, -0.25) is 4.79 Å². The summed E-state index contributed by atoms with van der Waals surface area (Å²) in [6.07, 6.45) is -0.154. The summed E-state index contributed by atoms with van der Waals surface area (Å²) in [7, 11) is 1.23. The summed E-state index contributed by atoms with van der Waals surface area (Å²) in [5, 5.41) is 9.26. The normalized spacial score (nSPS) is 9.93. The number of aromatic hydroxyl groups is 1. The van der Waals surface area contributed by atoms with Crippen molar-refractivity contribution in [2.75, 3.05) is 7.11 Å². The predicted molar refractivity (Wildman–Crippen MR) is 51.5 cm³/mol. The molecule has 0 saturated heterocycles. The molecule has 0 aliphatic heterocycles. The van der Waals surface area contributed by atoms with Gasteiger partial charge in [-0.15, -0.1) is 0 Å². The molecule has 1 N–H and O–H groups in total. The Kier molecular flexibility index (Phi) is 3.46. The van der Waals surface area contributed by atoms with Crippen LogP contribution in [0.1, 0.15) is 5.56 Å². The maximum absolute atomic E-state index is 13.0. The van der Waals surface area contributed by atoms with Gasteiger partial charge in [-0.05, 0) is 12.1 Å². The van der Waals surface area contributed by atoms with E-state index in [1.807, 2.05) is 0 Å². The summed E-state index contributed by atoms with van der Waals surface area (Å²) in [6, 6.07) is 2.59. The van der Waals surface area contributed by atoms with Gasteiger partial charge in [0.2, 0.25) is 0 Å². The fourth-order valence-electron chi connectivity index (χ4n) is 0.982. The van der Waals surface area contributed by atoms with Crippen molar-refractivity contribution in [3.8, 4) is 5.75 Å². The summed E-state index contributed by atoms with van der Waals surface area (Å²) < 4.78 is 17.8. The average Bonchev–Trinajstić information content (AvgIpc) is 2.13. The molecule has 0 amide bonds. The maximum atomic E-state index is 13.0. The number of phenolic OH excluding ortho intramolecular Hbond substituents is 1. The summed E-state index contributed by atoms with van der Waals surface area (Å²) >= 11 is 3.06. The fraction of sp³-hybridized carbons (Fsp3) is 0.222. The molecule has 0 fully saturated rings. The van der Waals surface area contributed by atoms with Crippen molar-refractivity contribution in [1.82, 2.24) is 0 Å². The Balaban J connectivity index is 3.02. The van der Waals surface area contributed by atoms with E-state index < -0.39 is 17.5 Å². The Bertz CT molecular complexity index is 365. The van der Waals surface area contributed by atoms with E-state index in [9.17, 15) is 14.3 Å². The Morgan fingerprint density at radius 3 is 2.86 bits per heavy atom. The molecule has 0 aliphatic rings. The smallest absolute Gasteiger partial charge is 0.310 e. The number of phenols is 1. The van der Waals surface area contributed by atoms with Gasteiger partial charge in [-0.1, -0.05) is 15.9 Å². The number of hydrogen-bond acceptors (Lipinski definition) is 3. The lowest BCUT2D eigenvalue weighted by Crippen LogP contribution is -2.05. The molecule has 0 aromatic heterocycles. The first-order valence-electron chi connectivity index (χ1n) is 3.78. The van der Waals surface area contributed by atoms with E-state index in [-0.39, 0.29) is 12.0 Å². The zero-order valence-corrected chi connectivity index (χ0v) is 8.97. The van der Waals surface area contributed by atoms with Crippen molar-refractivity contribution < 1.29 is 19.0 Å². The molecule has 0 saturated carbocycles. The molecule has 1 rings (SSSR count). The fourth-order valence-corrected chi connectivity index (χ4v) is 1.46. The third-order valence-electron chi connectivity index (χ3n) is 1.67. The molecule has 0 bridgehead atoms. The zero-order chi connectivity index (χ0) is 10.7. The van der Waals surface area contributed by atoms with Gasteiger partial charge in [-0.25, -0.2) is 4.39 Å². The first-order valence-corrected chi connectivity index (χ1v) is 4.57. The van der Waals surface area contributed by atoms with E-state index in [2.05, 4.69) is 20.7 Å². The lowest BCUT2D eigenvalue weighted by atomic mass is 10.1. The molecule has 1 aromatic carbocycles. The van der Waals surface area contributed by atoms with Crippen LogP contribution in [0.2, 0.25) is 0 Å². The standard InChI is InChI=1S/C9H8BrFO3/c1-14-8(12)3-5-2-6(10)4-7(11)9(5)13/h2,4,13H,3H2,1H3. The van der Waals surface area contributed by atoms with Crippen molar-refractivity contribution in [3.63, 3.8) is 0 Å². The van der Waals surface area contributed by atoms with Gasteiger partial charge >= 0.3 is 5.97 Å². The van der Waals surface area contributed by atoms with E-state index in [4.69, 9.17) is 0 Å². The molecule has 5 heteroatoms. The van der Waals surface area contributed by atoms with Gasteiger partial charge in [-0.2, -0.15) is 0 Å². The van der Waals surface area contributed by atoms with Gasteiger partial charge in [0.25, 0.3) is 0 Å². The van der Waals surface area contributed by atoms with Crippen LogP contribution in [0.15, 0.2) is 16.6 Å². The van der Waals surface area contributed by atoms with Crippen molar-refractivity contribution in [2.24, 2.45) is 0 Å². The molecular weight excluding hydrogens is 255 g/mol. The number of benzene rings is 1. The molecule has 0 aliphatic carbocycles. The van der Waals surface area contributed by atoms with Gasteiger partial charge in [0.1, 0.15) is 0 Å². The van der Waals surface area contributed by atoms with Crippen LogP contribution in [0.5, 0.6) is 5.75 Å². The molecule has 0 spiro atoms. The highest BCUT2D eigenvalue weighted by Gasteiger charge is 2.12. The molecule has 76 valence electrons. The van der Waals surface area contributed by atoms with E-state index in [0.29, 0.717) is 4.47 Å². The van der Waals surface area contributed by atoms with Crippen LogP contribution in [-0.4, -0.2) is 18.2 Å². The number of carbonyl (C=O) groups excluding carboxylic acids is 1. The van der Waals surface area contributed by atoms with Crippen molar-refractivity contribution in [2.45, 2.75) is 6.42 Å². The Hall–Kier alpha value is -1.10. The summed E-state index contributed by atoms with van der Waals surface area (Å²) in [6.45, 7) is 0. The molecule has 3 nitrogen and oxygen atoms in total. The Labute approximate surface area is 88.6 Å². The highest BCUT2D eigenvalue weighted by atomic mass is 79.9. The zero-order valence-electron chi connectivity index (χ0n) is 7.38. The monoisotopic (exact) mass is 262 g/mol. The first-order chi connectivity index (χ1) is 6.54. The van der Waals surface area contributed by atoms with Crippen LogP contribution >= 0.6 is 15.9 Å². The van der Waals surface area contributed by atoms with Crippen LogP contribution < -0.4 is 0 Å². The average molecular weight is 263 g/mol. The van der Waals surface area contributed by atoms with E-state index in [1.165, 1.54) is 13.2 Å². The highest BCUT2D eigenvalue weighted by Crippen LogP contribution is 2.26. The first kappa shape index (κ1) is 11.0. The molecule has 1 aromatic rings. The number of rotatable bonds is 2. The van der Waals surface area contributed by atoms with Crippen molar-refractivity contribution in [3.05, 3.63) is 28.0 Å². The predicted octanol–water partition coefficient (Wildman–Crippen LogP) is 2.01. The number of methoxy groups -OCH3 is 1. The SMILES string of the molecule is COC(=O)Cc1cc(Br)cc(F)c1O. The minimum atomic E-state index is -0.765. The van der Waals surface area contributed by atoms with Gasteiger partial charge in [0.15, 0.2) is 11.6 Å². The highest BCUT2D eigenvalue weighted by molar-refractivity contribution is 9.10. The third kappa shape index (κ3) is 2.45. The molecule has 0 heterocycles. The largest absolute Gasteiger partial charge is 0.505 e. The van der Waals surface area contributed by atoms with Crippen molar-refractivity contribution in [1.29, 1.82) is 0 Å². The second kappa shape index (κ2) is 4.41. The number of esters is 1. The molecule has 0 atom stereocenters. The number of halogens is 2. The second-order valence-corrected chi connectivity index (χ2v) is 3.56. The topological polar surface area (TPSA) is 46.5 Å². The van der Waals surface area contributed by atoms with Crippen LogP contribution in [0.25, 0.3) is 0 Å². The lowest BCUT2D eigenvalue weighted by Gasteiger charge is -2.04. The quantitative estimate of drug-likeness (QED) is 0.830. The minimum absolute atomic E-state index is 0.154. The Morgan fingerprint density at radius 1 is 1.64 bits per heavy atom. The van der Waals surface area contributed by atoms with E-state index in [1.54, 1.807) is 0 Å². The second-order valence-electron chi connectivity index (χ2n) is 2.65. The van der Waals surface area contributed by atoms with Crippen LogP contribution in [0.3, 0.4) is 0 Å².